The number of anilines is 2. The molecule has 0 saturated heterocycles. The third-order valence-corrected chi connectivity index (χ3v) is 5.18. The number of amides is 3. The minimum atomic E-state index is -0.367. The molecular weight excluding hydrogens is 397 g/mol. The number of nitrogens with zero attached hydrogens (tertiary/aromatic N) is 1. The number of carbonyl (C=O) groups excluding carboxylic acids is 2. The predicted molar refractivity (Wildman–Crippen MR) is 116 cm³/mol. The molecular formula is C24H22FN3O3. The average molecular weight is 419 g/mol. The van der Waals surface area contributed by atoms with Crippen LogP contribution in [0.3, 0.4) is 0 Å². The molecule has 0 spiro atoms. The summed E-state index contributed by atoms with van der Waals surface area (Å²) in [7, 11) is 0. The zero-order valence-corrected chi connectivity index (χ0v) is 17.0. The van der Waals surface area contributed by atoms with Gasteiger partial charge in [-0.2, -0.15) is 0 Å². The molecule has 7 heteroatoms. The summed E-state index contributed by atoms with van der Waals surface area (Å²) in [5.74, 6) is 0.108. The molecule has 1 heterocycles. The van der Waals surface area contributed by atoms with Crippen molar-refractivity contribution in [3.63, 3.8) is 0 Å². The summed E-state index contributed by atoms with van der Waals surface area (Å²) in [6, 6.07) is 19.9. The lowest BCUT2D eigenvalue weighted by molar-refractivity contribution is -0.135. The Balaban J connectivity index is 1.51. The zero-order chi connectivity index (χ0) is 21.8. The van der Waals surface area contributed by atoms with Crippen molar-refractivity contribution in [3.8, 4) is 5.75 Å². The minimum absolute atomic E-state index is 0.0835. The standard InChI is InChI=1S/C24H22FN3O3/c1-16(17-7-9-19(25)10-8-17)28-14-18-13-21(11-12-22(18)31-15-23(28)29)27-24(30)26-20-5-3-2-4-6-20/h2-13,16H,14-15H2,1H3,(H2,26,27,30)/t16-/m0/s1. The topological polar surface area (TPSA) is 70.7 Å². The van der Waals surface area contributed by atoms with Gasteiger partial charge in [-0.15, -0.1) is 0 Å². The SMILES string of the molecule is C[C@@H](c1ccc(F)cc1)N1Cc2cc(NC(=O)Nc3ccccc3)ccc2OCC1=O. The van der Waals surface area contributed by atoms with E-state index >= 15 is 0 Å². The third kappa shape index (κ3) is 4.83. The summed E-state index contributed by atoms with van der Waals surface area (Å²) in [6.07, 6.45) is 0. The molecule has 6 nitrogen and oxygen atoms in total. The first-order valence-electron chi connectivity index (χ1n) is 9.93. The van der Waals surface area contributed by atoms with E-state index < -0.39 is 0 Å². The summed E-state index contributed by atoms with van der Waals surface area (Å²) in [4.78, 5) is 26.7. The van der Waals surface area contributed by atoms with Crippen LogP contribution in [0.5, 0.6) is 5.75 Å². The molecule has 1 aliphatic rings. The molecule has 0 radical (unpaired) electrons. The lowest BCUT2D eigenvalue weighted by atomic mass is 10.1. The number of para-hydroxylation sites is 1. The summed E-state index contributed by atoms with van der Waals surface area (Å²) >= 11 is 0. The minimum Gasteiger partial charge on any atom is -0.483 e. The highest BCUT2D eigenvalue weighted by molar-refractivity contribution is 5.99. The van der Waals surface area contributed by atoms with Crippen LogP contribution in [0.2, 0.25) is 0 Å². The Labute approximate surface area is 179 Å². The molecule has 0 unspecified atom stereocenters. The summed E-state index contributed by atoms with van der Waals surface area (Å²) in [6.45, 7) is 2.12. The molecule has 0 bridgehead atoms. The number of benzene rings is 3. The second-order valence-electron chi connectivity index (χ2n) is 7.31. The molecule has 3 amide bonds. The highest BCUT2D eigenvalue weighted by Crippen LogP contribution is 2.31. The largest absolute Gasteiger partial charge is 0.483 e. The van der Waals surface area contributed by atoms with Gasteiger partial charge in [-0.1, -0.05) is 30.3 Å². The molecule has 0 aromatic heterocycles. The van der Waals surface area contributed by atoms with E-state index in [9.17, 15) is 14.0 Å². The fourth-order valence-electron chi connectivity index (χ4n) is 3.50. The van der Waals surface area contributed by atoms with Crippen LogP contribution in [-0.4, -0.2) is 23.4 Å². The number of fused-ring (bicyclic) bond motifs is 1. The molecule has 1 atom stereocenters. The van der Waals surface area contributed by atoms with Crippen molar-refractivity contribution in [1.29, 1.82) is 0 Å². The molecule has 31 heavy (non-hydrogen) atoms. The van der Waals surface area contributed by atoms with Crippen LogP contribution in [0.25, 0.3) is 0 Å². The number of hydrogen-bond donors (Lipinski definition) is 2. The normalized spacial score (nSPS) is 14.1. The van der Waals surface area contributed by atoms with E-state index in [0.29, 0.717) is 23.7 Å². The fraction of sp³-hybridized carbons (Fsp3) is 0.167. The summed E-state index contributed by atoms with van der Waals surface area (Å²) in [5, 5.41) is 5.57. The van der Waals surface area contributed by atoms with Crippen LogP contribution in [0.15, 0.2) is 72.8 Å². The maximum absolute atomic E-state index is 13.3. The molecule has 0 fully saturated rings. The summed E-state index contributed by atoms with van der Waals surface area (Å²) < 4.78 is 18.9. The van der Waals surface area contributed by atoms with Gasteiger partial charge in [0.1, 0.15) is 11.6 Å². The van der Waals surface area contributed by atoms with Gasteiger partial charge in [-0.05, 0) is 55.0 Å². The van der Waals surface area contributed by atoms with Crippen LogP contribution < -0.4 is 15.4 Å². The molecule has 2 N–H and O–H groups in total. The van der Waals surface area contributed by atoms with Gasteiger partial charge in [-0.3, -0.25) is 4.79 Å². The second-order valence-corrected chi connectivity index (χ2v) is 7.31. The number of hydrogen-bond acceptors (Lipinski definition) is 3. The summed E-state index contributed by atoms with van der Waals surface area (Å²) in [5.41, 5.74) is 2.87. The van der Waals surface area contributed by atoms with E-state index in [1.54, 1.807) is 47.4 Å². The lowest BCUT2D eigenvalue weighted by Gasteiger charge is -2.28. The van der Waals surface area contributed by atoms with Crippen molar-refractivity contribution < 1.29 is 18.7 Å². The Morgan fingerprint density at radius 1 is 1.00 bits per heavy atom. The van der Waals surface area contributed by atoms with Crippen molar-refractivity contribution in [1.82, 2.24) is 4.90 Å². The van der Waals surface area contributed by atoms with Gasteiger partial charge < -0.3 is 20.3 Å². The molecule has 0 aliphatic carbocycles. The molecule has 4 rings (SSSR count). The Hall–Kier alpha value is -3.87. The van der Waals surface area contributed by atoms with Gasteiger partial charge in [0.15, 0.2) is 6.61 Å². The maximum Gasteiger partial charge on any atom is 0.323 e. The number of rotatable bonds is 4. The van der Waals surface area contributed by atoms with E-state index in [1.807, 2.05) is 25.1 Å². The molecule has 158 valence electrons. The molecule has 0 saturated carbocycles. The number of ether oxygens (including phenoxy) is 1. The van der Waals surface area contributed by atoms with Gasteiger partial charge in [0, 0.05) is 16.9 Å². The quantitative estimate of drug-likeness (QED) is 0.629. The monoisotopic (exact) mass is 419 g/mol. The smallest absolute Gasteiger partial charge is 0.323 e. The van der Waals surface area contributed by atoms with Crippen LogP contribution in [0, 0.1) is 5.82 Å². The first kappa shape index (κ1) is 20.4. The number of urea groups is 1. The molecule has 3 aromatic carbocycles. The number of halogens is 1. The van der Waals surface area contributed by atoms with Gasteiger partial charge in [0.2, 0.25) is 0 Å². The second kappa shape index (κ2) is 8.87. The number of carbonyl (C=O) groups is 2. The van der Waals surface area contributed by atoms with Crippen LogP contribution in [0.4, 0.5) is 20.6 Å². The zero-order valence-electron chi connectivity index (χ0n) is 17.0. The van der Waals surface area contributed by atoms with Crippen LogP contribution >= 0.6 is 0 Å². The lowest BCUT2D eigenvalue weighted by Crippen LogP contribution is -2.34. The Morgan fingerprint density at radius 3 is 2.45 bits per heavy atom. The van der Waals surface area contributed by atoms with Gasteiger partial charge in [0.05, 0.1) is 12.6 Å². The van der Waals surface area contributed by atoms with Crippen LogP contribution in [0.1, 0.15) is 24.1 Å². The Morgan fingerprint density at radius 2 is 1.71 bits per heavy atom. The Bertz CT molecular complexity index is 1090. The van der Waals surface area contributed by atoms with Crippen LogP contribution in [-0.2, 0) is 11.3 Å². The highest BCUT2D eigenvalue weighted by atomic mass is 19.1. The fourth-order valence-corrected chi connectivity index (χ4v) is 3.50. The van der Waals surface area contributed by atoms with Crippen molar-refractivity contribution in [2.45, 2.75) is 19.5 Å². The Kier molecular flexibility index (Phi) is 5.84. The van der Waals surface area contributed by atoms with E-state index in [2.05, 4.69) is 10.6 Å². The number of nitrogens with one attached hydrogen (secondary N) is 2. The predicted octanol–water partition coefficient (Wildman–Crippen LogP) is 4.95. The molecule has 1 aliphatic heterocycles. The van der Waals surface area contributed by atoms with E-state index in [4.69, 9.17) is 4.74 Å². The van der Waals surface area contributed by atoms with E-state index in [-0.39, 0.29) is 30.4 Å². The highest BCUT2D eigenvalue weighted by Gasteiger charge is 2.27. The first-order chi connectivity index (χ1) is 15.0. The van der Waals surface area contributed by atoms with Gasteiger partial charge in [-0.25, -0.2) is 9.18 Å². The van der Waals surface area contributed by atoms with E-state index in [0.717, 1.165) is 11.1 Å². The van der Waals surface area contributed by atoms with Crippen molar-refractivity contribution in [2.75, 3.05) is 17.2 Å². The van der Waals surface area contributed by atoms with Crippen molar-refractivity contribution in [2.24, 2.45) is 0 Å². The molecule has 3 aromatic rings. The van der Waals surface area contributed by atoms with Crippen molar-refractivity contribution >= 4 is 23.3 Å². The van der Waals surface area contributed by atoms with Gasteiger partial charge in [0.25, 0.3) is 5.91 Å². The van der Waals surface area contributed by atoms with Gasteiger partial charge >= 0.3 is 6.03 Å². The van der Waals surface area contributed by atoms with Crippen molar-refractivity contribution in [3.05, 3.63) is 89.7 Å². The maximum atomic E-state index is 13.3. The third-order valence-electron chi connectivity index (χ3n) is 5.18. The van der Waals surface area contributed by atoms with E-state index in [1.165, 1.54) is 12.1 Å². The average Bonchev–Trinajstić information content (AvgIpc) is 2.93. The first-order valence-corrected chi connectivity index (χ1v) is 9.93.